The molecule has 0 aliphatic heterocycles. The zero-order valence-corrected chi connectivity index (χ0v) is 18.8. The van der Waals surface area contributed by atoms with Crippen LogP contribution in [-0.2, 0) is 4.79 Å². The summed E-state index contributed by atoms with van der Waals surface area (Å²) in [4.78, 5) is 11.1. The van der Waals surface area contributed by atoms with Crippen molar-refractivity contribution in [2.24, 2.45) is 52.3 Å². The minimum absolute atomic E-state index is 0.195. The Labute approximate surface area is 176 Å². The average Bonchev–Trinajstić information content (AvgIpc) is 3.02. The largest absolute Gasteiger partial charge is 0.481 e. The van der Waals surface area contributed by atoms with Gasteiger partial charge in [0, 0.05) is 6.42 Å². The topological polar surface area (TPSA) is 77.8 Å². The van der Waals surface area contributed by atoms with Crippen LogP contribution in [0.5, 0.6) is 0 Å². The molecule has 29 heavy (non-hydrogen) atoms. The Hall–Kier alpha value is -0.610. The highest BCUT2D eigenvalue weighted by Gasteiger charge is 2.64. The highest BCUT2D eigenvalue weighted by Crippen LogP contribution is 2.69. The van der Waals surface area contributed by atoms with E-state index in [-0.39, 0.29) is 35.4 Å². The van der Waals surface area contributed by atoms with E-state index in [9.17, 15) is 15.0 Å². The van der Waals surface area contributed by atoms with Gasteiger partial charge in [-0.15, -0.1) is 0 Å². The molecule has 0 heterocycles. The summed E-state index contributed by atoms with van der Waals surface area (Å²) < 4.78 is 0. The van der Waals surface area contributed by atoms with E-state index in [0.29, 0.717) is 35.5 Å². The molecule has 0 bridgehead atoms. The van der Waals surface area contributed by atoms with Crippen LogP contribution in [0.4, 0.5) is 0 Å². The summed E-state index contributed by atoms with van der Waals surface area (Å²) in [6, 6.07) is 0. The number of fused-ring (bicyclic) bond motifs is 5. The van der Waals surface area contributed by atoms with Crippen LogP contribution < -0.4 is 0 Å². The third-order valence-corrected chi connectivity index (χ3v) is 10.7. The van der Waals surface area contributed by atoms with Gasteiger partial charge < -0.3 is 15.3 Å². The zero-order valence-electron chi connectivity index (χ0n) is 18.8. The Morgan fingerprint density at radius 3 is 2.34 bits per heavy atom. The fourth-order valence-electron chi connectivity index (χ4n) is 9.18. The Morgan fingerprint density at radius 1 is 1.00 bits per heavy atom. The molecule has 4 saturated carbocycles. The van der Waals surface area contributed by atoms with Gasteiger partial charge in [0.25, 0.3) is 0 Å². The minimum Gasteiger partial charge on any atom is -0.481 e. The molecule has 4 heteroatoms. The lowest BCUT2D eigenvalue weighted by Crippen LogP contribution is -2.61. The van der Waals surface area contributed by atoms with Crippen LogP contribution in [-0.4, -0.2) is 33.5 Å². The summed E-state index contributed by atoms with van der Waals surface area (Å²) in [7, 11) is 0. The van der Waals surface area contributed by atoms with E-state index in [0.717, 1.165) is 25.7 Å². The van der Waals surface area contributed by atoms with E-state index in [4.69, 9.17) is 5.11 Å². The van der Waals surface area contributed by atoms with Crippen molar-refractivity contribution in [2.45, 2.75) is 97.7 Å². The number of aliphatic hydroxyl groups excluding tert-OH is 2. The Bertz CT molecular complexity index is 634. The molecular weight excluding hydrogens is 364 g/mol. The van der Waals surface area contributed by atoms with Crippen molar-refractivity contribution in [2.75, 3.05) is 0 Å². The van der Waals surface area contributed by atoms with Crippen molar-refractivity contribution in [1.82, 2.24) is 0 Å². The van der Waals surface area contributed by atoms with Gasteiger partial charge in [-0.2, -0.15) is 0 Å². The summed E-state index contributed by atoms with van der Waals surface area (Å²) in [6.07, 6.45) is 8.22. The van der Waals surface area contributed by atoms with Crippen molar-refractivity contribution in [1.29, 1.82) is 0 Å². The fraction of sp³-hybridized carbons (Fsp3) is 0.960. The number of carboxylic acid groups (broad SMARTS) is 1. The van der Waals surface area contributed by atoms with Crippen LogP contribution in [0.15, 0.2) is 0 Å². The maximum absolute atomic E-state index is 11.5. The smallest absolute Gasteiger partial charge is 0.303 e. The number of hydrogen-bond acceptors (Lipinski definition) is 3. The third-order valence-electron chi connectivity index (χ3n) is 10.7. The van der Waals surface area contributed by atoms with Gasteiger partial charge in [-0.1, -0.05) is 27.7 Å². The minimum atomic E-state index is -0.685. The first-order chi connectivity index (χ1) is 13.6. The molecule has 4 rings (SSSR count). The summed E-state index contributed by atoms with van der Waals surface area (Å²) in [6.45, 7) is 9.41. The maximum atomic E-state index is 11.5. The quantitative estimate of drug-likeness (QED) is 0.631. The van der Waals surface area contributed by atoms with Crippen LogP contribution in [0.2, 0.25) is 0 Å². The van der Waals surface area contributed by atoms with E-state index in [1.807, 2.05) is 0 Å². The van der Waals surface area contributed by atoms with Crippen molar-refractivity contribution in [3.8, 4) is 0 Å². The van der Waals surface area contributed by atoms with E-state index in [1.54, 1.807) is 0 Å². The van der Waals surface area contributed by atoms with Gasteiger partial charge in [-0.3, -0.25) is 4.79 Å². The zero-order chi connectivity index (χ0) is 21.1. The molecule has 4 unspecified atom stereocenters. The molecule has 0 aromatic carbocycles. The molecule has 3 N–H and O–H groups in total. The summed E-state index contributed by atoms with van der Waals surface area (Å²) in [5.41, 5.74) is 0.480. The van der Waals surface area contributed by atoms with Crippen LogP contribution in [0.3, 0.4) is 0 Å². The Balaban J connectivity index is 1.59. The second-order valence-corrected chi connectivity index (χ2v) is 11.8. The first-order valence-electron chi connectivity index (χ1n) is 12.2. The second-order valence-electron chi connectivity index (χ2n) is 11.8. The normalized spacial score (nSPS) is 52.9. The highest BCUT2D eigenvalue weighted by atomic mass is 16.4. The number of hydrogen-bond donors (Lipinski definition) is 3. The van der Waals surface area contributed by atoms with Crippen molar-refractivity contribution >= 4 is 5.97 Å². The standard InChI is InChI=1S/C25H42O4/c1-14(5-8-21(27)28)17-6-7-18-22-19(10-12-24(17,18)3)25(4)11-9-16(26)13-20(25)15(2)23(22)29/h14-20,22-23,26,29H,5-13H2,1-4H3,(H,27,28)/t14-,15-,16-,17?,18?,19?,20+,22?,23-,24-,25-/m1/s1. The van der Waals surface area contributed by atoms with Gasteiger partial charge in [0.15, 0.2) is 0 Å². The average molecular weight is 407 g/mol. The van der Waals surface area contributed by atoms with Crippen LogP contribution >= 0.6 is 0 Å². The molecule has 4 fully saturated rings. The van der Waals surface area contributed by atoms with E-state index >= 15 is 0 Å². The van der Waals surface area contributed by atoms with E-state index < -0.39 is 5.97 Å². The van der Waals surface area contributed by atoms with Crippen molar-refractivity contribution in [3.63, 3.8) is 0 Å². The predicted octanol–water partition coefficient (Wildman–Crippen LogP) is 4.72. The number of aliphatic carboxylic acids is 1. The molecular formula is C25H42O4. The highest BCUT2D eigenvalue weighted by molar-refractivity contribution is 5.66. The van der Waals surface area contributed by atoms with Gasteiger partial charge in [0.1, 0.15) is 0 Å². The molecule has 4 aliphatic rings. The number of carboxylic acids is 1. The first kappa shape index (κ1) is 21.6. The van der Waals surface area contributed by atoms with Gasteiger partial charge in [0.2, 0.25) is 0 Å². The summed E-state index contributed by atoms with van der Waals surface area (Å²) >= 11 is 0. The molecule has 4 aliphatic carbocycles. The number of carbonyl (C=O) groups is 1. The summed E-state index contributed by atoms with van der Waals surface area (Å²) in [5, 5.41) is 31.0. The van der Waals surface area contributed by atoms with Crippen molar-refractivity contribution < 1.29 is 20.1 Å². The predicted molar refractivity (Wildman–Crippen MR) is 113 cm³/mol. The molecule has 166 valence electrons. The van der Waals surface area contributed by atoms with E-state index in [1.165, 1.54) is 25.7 Å². The SMILES string of the molecule is C[C@H]1[C@@H](O)C2C3CCC([C@H](C)CCC(=O)O)[C@@]3(C)CCC2[C@@]2(C)CC[C@@H](O)C[C@@H]12. The molecule has 4 nitrogen and oxygen atoms in total. The molecule has 0 aromatic heterocycles. The molecule has 0 saturated heterocycles. The fourth-order valence-corrected chi connectivity index (χ4v) is 9.18. The summed E-state index contributed by atoms with van der Waals surface area (Å²) in [5.74, 6) is 2.50. The molecule has 11 atom stereocenters. The Kier molecular flexibility index (Phi) is 5.60. The molecule has 0 radical (unpaired) electrons. The molecule has 0 amide bonds. The van der Waals surface area contributed by atoms with Gasteiger partial charge in [-0.05, 0) is 104 Å². The lowest BCUT2D eigenvalue weighted by atomic mass is 9.42. The van der Waals surface area contributed by atoms with Gasteiger partial charge in [0.05, 0.1) is 12.2 Å². The lowest BCUT2D eigenvalue weighted by molar-refractivity contribution is -0.199. The number of rotatable bonds is 4. The molecule has 0 spiro atoms. The van der Waals surface area contributed by atoms with Crippen LogP contribution in [0.1, 0.15) is 85.5 Å². The molecule has 0 aromatic rings. The number of aliphatic hydroxyl groups is 2. The van der Waals surface area contributed by atoms with Crippen molar-refractivity contribution in [3.05, 3.63) is 0 Å². The third kappa shape index (κ3) is 3.28. The first-order valence-corrected chi connectivity index (χ1v) is 12.2. The maximum Gasteiger partial charge on any atom is 0.303 e. The van der Waals surface area contributed by atoms with E-state index in [2.05, 4.69) is 27.7 Å². The second kappa shape index (κ2) is 7.51. The monoisotopic (exact) mass is 406 g/mol. The lowest BCUT2D eigenvalue weighted by Gasteiger charge is -2.64. The Morgan fingerprint density at radius 2 is 1.66 bits per heavy atom. The van der Waals surface area contributed by atoms with Crippen LogP contribution in [0.25, 0.3) is 0 Å². The van der Waals surface area contributed by atoms with Gasteiger partial charge >= 0.3 is 5.97 Å². The van der Waals surface area contributed by atoms with Gasteiger partial charge in [-0.25, -0.2) is 0 Å². The van der Waals surface area contributed by atoms with Crippen LogP contribution in [0, 0.1) is 52.3 Å².